The molecule has 0 bridgehead atoms. The van der Waals surface area contributed by atoms with Crippen LogP contribution < -0.4 is 0 Å². The highest BCUT2D eigenvalue weighted by molar-refractivity contribution is 7.89. The van der Waals surface area contributed by atoms with Crippen LogP contribution in [-0.4, -0.2) is 70.9 Å². The highest BCUT2D eigenvalue weighted by Gasteiger charge is 2.33. The Hall–Kier alpha value is -3.63. The number of hydrogen-bond donors (Lipinski definition) is 0. The molecule has 0 atom stereocenters. The van der Waals surface area contributed by atoms with Gasteiger partial charge in [0.2, 0.25) is 16.4 Å². The predicted molar refractivity (Wildman–Crippen MR) is 112 cm³/mol. The summed E-state index contributed by atoms with van der Waals surface area (Å²) in [5.74, 6) is -1.20. The van der Waals surface area contributed by atoms with Gasteiger partial charge >= 0.3 is 17.9 Å². The minimum atomic E-state index is -4.21. The van der Waals surface area contributed by atoms with Crippen LogP contribution in [0.5, 0.6) is 0 Å². The fourth-order valence-electron chi connectivity index (χ4n) is 2.72. The van der Waals surface area contributed by atoms with Gasteiger partial charge in [0.1, 0.15) is 18.3 Å². The average Bonchev–Trinajstić information content (AvgIpc) is 3.27. The monoisotopic (exact) mass is 488 g/mol. The zero-order valence-corrected chi connectivity index (χ0v) is 19.3. The number of carbonyl (C=O) groups is 1. The van der Waals surface area contributed by atoms with E-state index in [1.165, 1.54) is 11.5 Å². The van der Waals surface area contributed by atoms with Gasteiger partial charge in [-0.3, -0.25) is 0 Å². The van der Waals surface area contributed by atoms with Gasteiger partial charge in [0.25, 0.3) is 0 Å². The van der Waals surface area contributed by atoms with E-state index >= 15 is 0 Å². The number of nitrogens with zero attached hydrogens (tertiary/aromatic N) is 8. The topological polar surface area (TPSA) is 198 Å². The number of amides is 1. The summed E-state index contributed by atoms with van der Waals surface area (Å²) in [6.07, 6.45) is 0.974. The first-order chi connectivity index (χ1) is 15.2. The first-order valence-electron chi connectivity index (χ1n) is 9.65. The van der Waals surface area contributed by atoms with Gasteiger partial charge in [-0.05, 0) is 37.0 Å². The van der Waals surface area contributed by atoms with Gasteiger partial charge < -0.3 is 25.0 Å². The van der Waals surface area contributed by atoms with Crippen LogP contribution in [0.4, 0.5) is 16.6 Å². The number of carbonyl (C=O) groups excluding carboxylic acids is 1. The van der Waals surface area contributed by atoms with E-state index in [1.807, 2.05) is 0 Å². The van der Waals surface area contributed by atoms with Crippen molar-refractivity contribution in [2.75, 3.05) is 12.3 Å². The Balaban J connectivity index is 2.17. The molecule has 0 fully saturated rings. The van der Waals surface area contributed by atoms with Crippen molar-refractivity contribution in [1.82, 2.24) is 28.6 Å². The molecule has 33 heavy (non-hydrogen) atoms. The van der Waals surface area contributed by atoms with E-state index in [0.717, 1.165) is 17.2 Å². The lowest BCUT2D eigenvalue weighted by atomic mass is 10.2. The van der Waals surface area contributed by atoms with Crippen molar-refractivity contribution in [2.45, 2.75) is 52.8 Å². The average molecular weight is 488 g/mol. The number of ether oxygens (including phenoxy) is 1. The molecule has 0 aliphatic rings. The molecule has 0 spiro atoms. The molecule has 16 nitrogen and oxygen atoms in total. The summed E-state index contributed by atoms with van der Waals surface area (Å²) in [6, 6.07) is 0. The number of sulfonamides is 1. The molecule has 0 aliphatic carbocycles. The smallest absolute Gasteiger partial charge is 0.443 e. The Bertz CT molecular complexity index is 1130. The van der Waals surface area contributed by atoms with Crippen LogP contribution in [0.25, 0.3) is 0 Å². The molecule has 2 aromatic rings. The number of rotatable bonds is 10. The maximum Gasteiger partial charge on any atom is 0.490 e. The van der Waals surface area contributed by atoms with E-state index in [-0.39, 0.29) is 31.2 Å². The Morgan fingerprint density at radius 2 is 1.85 bits per heavy atom. The maximum absolute atomic E-state index is 12.9. The first kappa shape index (κ1) is 25.6. The lowest BCUT2D eigenvalue weighted by molar-refractivity contribution is -0.394. The van der Waals surface area contributed by atoms with Crippen LogP contribution >= 0.6 is 0 Å². The van der Waals surface area contributed by atoms with Crippen molar-refractivity contribution in [2.24, 2.45) is 0 Å². The standard InChI is InChI=1S/C16H24N8O8S/c1-12-17-10-13(23(26)27)21(12)7-8-22(15(25)32-16(2,3)4)33(30,31)9-5-6-20-11-18-14(19-20)24(28)29/h10-11H,5-9H2,1-4H3. The third-order valence-corrected chi connectivity index (χ3v) is 5.97. The van der Waals surface area contributed by atoms with Crippen LogP contribution in [0.15, 0.2) is 12.5 Å². The number of imidazole rings is 1. The summed E-state index contributed by atoms with van der Waals surface area (Å²) in [5.41, 5.74) is -0.985. The van der Waals surface area contributed by atoms with E-state index in [9.17, 15) is 33.4 Å². The quantitative estimate of drug-likeness (QED) is 0.344. The Labute approximate surface area is 188 Å². The molecule has 0 saturated carbocycles. The molecule has 0 saturated heterocycles. The first-order valence-corrected chi connectivity index (χ1v) is 11.3. The van der Waals surface area contributed by atoms with E-state index in [4.69, 9.17) is 4.74 Å². The van der Waals surface area contributed by atoms with Crippen LogP contribution in [0, 0.1) is 27.2 Å². The third kappa shape index (κ3) is 6.93. The largest absolute Gasteiger partial charge is 0.490 e. The van der Waals surface area contributed by atoms with Gasteiger partial charge in [-0.2, -0.15) is 4.68 Å². The van der Waals surface area contributed by atoms with Gasteiger partial charge in [0.15, 0.2) is 5.82 Å². The van der Waals surface area contributed by atoms with Gasteiger partial charge in [-0.1, -0.05) is 4.98 Å². The van der Waals surface area contributed by atoms with E-state index in [0.29, 0.717) is 4.31 Å². The van der Waals surface area contributed by atoms with Crippen molar-refractivity contribution in [3.05, 3.63) is 38.6 Å². The molecule has 0 aliphatic heterocycles. The van der Waals surface area contributed by atoms with Crippen molar-refractivity contribution in [3.8, 4) is 0 Å². The Kier molecular flexibility index (Phi) is 7.68. The van der Waals surface area contributed by atoms with Crippen LogP contribution in [0.2, 0.25) is 0 Å². The van der Waals surface area contributed by atoms with Crippen molar-refractivity contribution >= 4 is 27.9 Å². The molecule has 182 valence electrons. The number of hydrogen-bond acceptors (Lipinski definition) is 11. The minimum Gasteiger partial charge on any atom is -0.443 e. The second-order valence-corrected chi connectivity index (χ2v) is 9.87. The van der Waals surface area contributed by atoms with Crippen molar-refractivity contribution in [3.63, 3.8) is 0 Å². The molecule has 1 amide bonds. The van der Waals surface area contributed by atoms with E-state index in [2.05, 4.69) is 15.1 Å². The zero-order valence-electron chi connectivity index (χ0n) is 18.4. The van der Waals surface area contributed by atoms with Crippen LogP contribution in [0.1, 0.15) is 33.0 Å². The molecule has 0 aromatic carbocycles. The number of aryl methyl sites for hydroxylation is 2. The lowest BCUT2D eigenvalue weighted by Gasteiger charge is -2.26. The number of nitro groups is 2. The fourth-order valence-corrected chi connectivity index (χ4v) is 4.06. The summed E-state index contributed by atoms with van der Waals surface area (Å²) in [7, 11) is -4.21. The molecule has 2 heterocycles. The molecular weight excluding hydrogens is 464 g/mol. The molecular formula is C16H24N8O8S. The molecule has 2 aromatic heterocycles. The summed E-state index contributed by atoms with van der Waals surface area (Å²) >= 11 is 0. The second kappa shape index (κ2) is 9.88. The predicted octanol–water partition coefficient (Wildman–Crippen LogP) is 1.26. The summed E-state index contributed by atoms with van der Waals surface area (Å²) < 4.78 is 33.9. The highest BCUT2D eigenvalue weighted by Crippen LogP contribution is 2.17. The Morgan fingerprint density at radius 1 is 1.18 bits per heavy atom. The highest BCUT2D eigenvalue weighted by atomic mass is 32.2. The number of aromatic nitrogens is 5. The normalized spacial score (nSPS) is 11.9. The van der Waals surface area contributed by atoms with Gasteiger partial charge in [-0.15, -0.1) is 0 Å². The second-order valence-electron chi connectivity index (χ2n) is 7.86. The van der Waals surface area contributed by atoms with Crippen LogP contribution in [0.3, 0.4) is 0 Å². The molecule has 17 heteroatoms. The molecule has 2 rings (SSSR count). The summed E-state index contributed by atoms with van der Waals surface area (Å²) in [6.45, 7) is 5.57. The third-order valence-electron chi connectivity index (χ3n) is 4.16. The molecule has 0 radical (unpaired) electrons. The molecule has 0 N–H and O–H groups in total. The van der Waals surface area contributed by atoms with Crippen molar-refractivity contribution in [1.29, 1.82) is 0 Å². The molecule has 0 unspecified atom stereocenters. The summed E-state index contributed by atoms with van der Waals surface area (Å²) in [5, 5.41) is 25.4. The summed E-state index contributed by atoms with van der Waals surface area (Å²) in [4.78, 5) is 40.4. The van der Waals surface area contributed by atoms with Crippen molar-refractivity contribution < 1.29 is 27.8 Å². The van der Waals surface area contributed by atoms with Crippen LogP contribution in [-0.2, 0) is 27.8 Å². The Morgan fingerprint density at radius 3 is 2.39 bits per heavy atom. The van der Waals surface area contributed by atoms with Gasteiger partial charge in [-0.25, -0.2) is 27.1 Å². The maximum atomic E-state index is 12.9. The van der Waals surface area contributed by atoms with E-state index in [1.54, 1.807) is 20.8 Å². The zero-order chi connectivity index (χ0) is 25.0. The lowest BCUT2D eigenvalue weighted by Crippen LogP contribution is -2.43. The van der Waals surface area contributed by atoms with Gasteiger partial charge in [0, 0.05) is 12.0 Å². The fraction of sp³-hybridized carbons (Fsp3) is 0.625. The van der Waals surface area contributed by atoms with E-state index < -0.39 is 49.8 Å². The SMILES string of the molecule is Cc1ncc([N+](=O)[O-])n1CCN(C(=O)OC(C)(C)C)S(=O)(=O)CCCn1cnc([N+](=O)[O-])n1. The van der Waals surface area contributed by atoms with Gasteiger partial charge in [0.05, 0.1) is 18.8 Å². The minimum absolute atomic E-state index is 0.00563.